The summed E-state index contributed by atoms with van der Waals surface area (Å²) in [6.07, 6.45) is 1.57. The van der Waals surface area contributed by atoms with Gasteiger partial charge in [-0.05, 0) is 34.1 Å². The van der Waals surface area contributed by atoms with E-state index >= 15 is 0 Å². The fraction of sp³-hybridized carbons (Fsp3) is 0.286. The Morgan fingerprint density at radius 3 is 2.20 bits per heavy atom. The lowest BCUT2D eigenvalue weighted by Crippen LogP contribution is -2.01. The van der Waals surface area contributed by atoms with E-state index in [2.05, 4.69) is 15.9 Å². The lowest BCUT2D eigenvalue weighted by atomic mass is 10.0. The molecule has 1 unspecified atom stereocenters. The Kier molecular flexibility index (Phi) is 4.83. The standard InChI is InChI=1S/C14H14BrClO4/c1-17-10-5-4-8(12(18-2)13(10)19-3)11(16)9-6-7-20-14(9)15/h4-7,11H,1-3H3. The number of hydrogen-bond acceptors (Lipinski definition) is 4. The highest BCUT2D eigenvalue weighted by Gasteiger charge is 2.24. The van der Waals surface area contributed by atoms with Gasteiger partial charge in [0, 0.05) is 11.1 Å². The summed E-state index contributed by atoms with van der Waals surface area (Å²) in [5.41, 5.74) is 1.59. The maximum Gasteiger partial charge on any atom is 0.203 e. The molecule has 0 aliphatic carbocycles. The smallest absolute Gasteiger partial charge is 0.203 e. The molecule has 4 nitrogen and oxygen atoms in total. The van der Waals surface area contributed by atoms with Crippen LogP contribution in [-0.4, -0.2) is 21.3 Å². The van der Waals surface area contributed by atoms with Gasteiger partial charge in [0.25, 0.3) is 0 Å². The zero-order chi connectivity index (χ0) is 14.7. The van der Waals surface area contributed by atoms with E-state index in [-0.39, 0.29) is 0 Å². The van der Waals surface area contributed by atoms with Crippen molar-refractivity contribution in [3.8, 4) is 17.2 Å². The van der Waals surface area contributed by atoms with Crippen LogP contribution in [0, 0.1) is 0 Å². The van der Waals surface area contributed by atoms with Crippen molar-refractivity contribution in [1.29, 1.82) is 0 Å². The Labute approximate surface area is 130 Å². The topological polar surface area (TPSA) is 40.8 Å². The quantitative estimate of drug-likeness (QED) is 0.740. The number of methoxy groups -OCH3 is 3. The second-order valence-corrected chi connectivity index (χ2v) is 5.09. The molecule has 0 fully saturated rings. The zero-order valence-corrected chi connectivity index (χ0v) is 13.6. The van der Waals surface area contributed by atoms with E-state index in [0.717, 1.165) is 11.1 Å². The minimum Gasteiger partial charge on any atom is -0.493 e. The molecule has 2 aromatic rings. The van der Waals surface area contributed by atoms with Crippen LogP contribution in [0.4, 0.5) is 0 Å². The monoisotopic (exact) mass is 360 g/mol. The number of benzene rings is 1. The van der Waals surface area contributed by atoms with Gasteiger partial charge in [0.15, 0.2) is 16.2 Å². The highest BCUT2D eigenvalue weighted by molar-refractivity contribution is 9.10. The van der Waals surface area contributed by atoms with Crippen LogP contribution in [0.2, 0.25) is 0 Å². The molecule has 0 radical (unpaired) electrons. The van der Waals surface area contributed by atoms with Crippen molar-refractivity contribution < 1.29 is 18.6 Å². The molecule has 108 valence electrons. The fourth-order valence-electron chi connectivity index (χ4n) is 1.98. The van der Waals surface area contributed by atoms with Gasteiger partial charge in [0.1, 0.15) is 0 Å². The largest absolute Gasteiger partial charge is 0.493 e. The van der Waals surface area contributed by atoms with Crippen molar-refractivity contribution in [2.75, 3.05) is 21.3 Å². The molecule has 0 aliphatic heterocycles. The van der Waals surface area contributed by atoms with E-state index in [1.807, 2.05) is 6.07 Å². The normalized spacial score (nSPS) is 12.1. The summed E-state index contributed by atoms with van der Waals surface area (Å²) in [5, 5.41) is -0.433. The van der Waals surface area contributed by atoms with Crippen LogP contribution in [-0.2, 0) is 0 Å². The first-order valence-corrected chi connectivity index (χ1v) is 7.02. The van der Waals surface area contributed by atoms with Crippen molar-refractivity contribution in [3.05, 3.63) is 40.3 Å². The summed E-state index contributed by atoms with van der Waals surface area (Å²) >= 11 is 9.85. The van der Waals surface area contributed by atoms with Gasteiger partial charge in [-0.15, -0.1) is 11.6 Å². The van der Waals surface area contributed by atoms with Crippen molar-refractivity contribution in [2.45, 2.75) is 5.38 Å². The Hall–Kier alpha value is -1.33. The third kappa shape index (κ3) is 2.60. The van der Waals surface area contributed by atoms with Gasteiger partial charge in [-0.1, -0.05) is 0 Å². The molecule has 0 aliphatic rings. The van der Waals surface area contributed by atoms with E-state index in [9.17, 15) is 0 Å². The highest BCUT2D eigenvalue weighted by Crippen LogP contribution is 2.46. The van der Waals surface area contributed by atoms with Crippen LogP contribution in [0.5, 0.6) is 17.2 Å². The molecule has 1 atom stereocenters. The van der Waals surface area contributed by atoms with Crippen molar-refractivity contribution in [1.82, 2.24) is 0 Å². The van der Waals surface area contributed by atoms with E-state index in [1.165, 1.54) is 0 Å². The van der Waals surface area contributed by atoms with Gasteiger partial charge in [0.2, 0.25) is 5.75 Å². The Balaban J connectivity index is 2.54. The second kappa shape index (κ2) is 6.41. The van der Waals surface area contributed by atoms with Crippen LogP contribution >= 0.6 is 27.5 Å². The van der Waals surface area contributed by atoms with E-state index < -0.39 is 5.38 Å². The molecular weight excluding hydrogens is 348 g/mol. The highest BCUT2D eigenvalue weighted by atomic mass is 79.9. The molecule has 0 bridgehead atoms. The van der Waals surface area contributed by atoms with Crippen LogP contribution in [0.3, 0.4) is 0 Å². The third-order valence-electron chi connectivity index (χ3n) is 2.93. The van der Waals surface area contributed by atoms with Crippen LogP contribution in [0.25, 0.3) is 0 Å². The molecule has 0 saturated heterocycles. The van der Waals surface area contributed by atoms with Gasteiger partial charge in [-0.3, -0.25) is 0 Å². The summed E-state index contributed by atoms with van der Waals surface area (Å²) in [5.74, 6) is 1.64. The van der Waals surface area contributed by atoms with Gasteiger partial charge in [-0.2, -0.15) is 0 Å². The summed E-state index contributed by atoms with van der Waals surface area (Å²) in [6.45, 7) is 0. The molecule has 0 saturated carbocycles. The van der Waals surface area contributed by atoms with E-state index in [1.54, 1.807) is 39.7 Å². The minimum atomic E-state index is -0.433. The molecule has 1 heterocycles. The summed E-state index contributed by atoms with van der Waals surface area (Å²) < 4.78 is 21.8. The molecule has 1 aromatic carbocycles. The first-order chi connectivity index (χ1) is 9.63. The molecular formula is C14H14BrClO4. The first-order valence-electron chi connectivity index (χ1n) is 5.79. The maximum atomic E-state index is 6.52. The lowest BCUT2D eigenvalue weighted by Gasteiger charge is -2.18. The predicted octanol–water partition coefficient (Wildman–Crippen LogP) is 4.40. The number of hydrogen-bond donors (Lipinski definition) is 0. The zero-order valence-electron chi connectivity index (χ0n) is 11.3. The summed E-state index contributed by atoms with van der Waals surface area (Å²) in [4.78, 5) is 0. The Morgan fingerprint density at radius 1 is 1.00 bits per heavy atom. The Bertz CT molecular complexity index is 597. The van der Waals surface area contributed by atoms with Crippen molar-refractivity contribution in [2.24, 2.45) is 0 Å². The molecule has 20 heavy (non-hydrogen) atoms. The number of ether oxygens (including phenoxy) is 3. The van der Waals surface area contributed by atoms with Gasteiger partial charge < -0.3 is 18.6 Å². The second-order valence-electron chi connectivity index (χ2n) is 3.94. The number of furan rings is 1. The van der Waals surface area contributed by atoms with Crippen LogP contribution < -0.4 is 14.2 Å². The minimum absolute atomic E-state index is 0.433. The van der Waals surface area contributed by atoms with Crippen LogP contribution in [0.1, 0.15) is 16.5 Å². The summed E-state index contributed by atoms with van der Waals surface area (Å²) in [6, 6.07) is 5.44. The number of halogens is 2. The predicted molar refractivity (Wildman–Crippen MR) is 80.2 cm³/mol. The third-order valence-corrected chi connectivity index (χ3v) is 4.04. The number of rotatable bonds is 5. The first kappa shape index (κ1) is 15.1. The van der Waals surface area contributed by atoms with Gasteiger partial charge in [0.05, 0.1) is 33.0 Å². The average molecular weight is 362 g/mol. The molecule has 1 aromatic heterocycles. The molecule has 2 rings (SSSR count). The molecule has 0 N–H and O–H groups in total. The fourth-order valence-corrected chi connectivity index (χ4v) is 2.92. The lowest BCUT2D eigenvalue weighted by molar-refractivity contribution is 0.322. The van der Waals surface area contributed by atoms with Crippen LogP contribution in [0.15, 0.2) is 33.5 Å². The van der Waals surface area contributed by atoms with Gasteiger partial charge >= 0.3 is 0 Å². The SMILES string of the molecule is COc1ccc(C(Cl)c2ccoc2Br)c(OC)c1OC. The van der Waals surface area contributed by atoms with Crippen molar-refractivity contribution >= 4 is 27.5 Å². The molecule has 0 amide bonds. The summed E-state index contributed by atoms with van der Waals surface area (Å²) in [7, 11) is 4.69. The maximum absolute atomic E-state index is 6.52. The van der Waals surface area contributed by atoms with Gasteiger partial charge in [-0.25, -0.2) is 0 Å². The van der Waals surface area contributed by atoms with E-state index in [0.29, 0.717) is 21.9 Å². The van der Waals surface area contributed by atoms with E-state index in [4.69, 9.17) is 30.2 Å². The molecule has 6 heteroatoms. The molecule has 0 spiro atoms. The van der Waals surface area contributed by atoms with Crippen molar-refractivity contribution in [3.63, 3.8) is 0 Å². The average Bonchev–Trinajstić information content (AvgIpc) is 2.90. The Morgan fingerprint density at radius 2 is 1.70 bits per heavy atom. The number of alkyl halides is 1.